The van der Waals surface area contributed by atoms with Crippen molar-refractivity contribution in [1.82, 2.24) is 10.3 Å². The van der Waals surface area contributed by atoms with Gasteiger partial charge in [0.2, 0.25) is 0 Å². The lowest BCUT2D eigenvalue weighted by atomic mass is 9.77. The summed E-state index contributed by atoms with van der Waals surface area (Å²) in [5, 5.41) is 4.69. The fraction of sp³-hybridized carbons (Fsp3) is 0.500. The predicted octanol–water partition coefficient (Wildman–Crippen LogP) is 4.57. The Kier molecular flexibility index (Phi) is 4.44. The second kappa shape index (κ2) is 5.92. The molecule has 2 unspecified atom stereocenters. The molecule has 0 amide bonds. The zero-order chi connectivity index (χ0) is 14.8. The van der Waals surface area contributed by atoms with Crippen LogP contribution in [0, 0.1) is 11.3 Å². The smallest absolute Gasteiger partial charge is 0.0749 e. The summed E-state index contributed by atoms with van der Waals surface area (Å²) >= 11 is 0. The molecule has 0 aliphatic rings. The molecule has 108 valence electrons. The molecule has 1 heterocycles. The monoisotopic (exact) mass is 270 g/mol. The third-order valence-electron chi connectivity index (χ3n) is 4.46. The molecule has 2 heteroatoms. The van der Waals surface area contributed by atoms with Gasteiger partial charge in [0.25, 0.3) is 0 Å². The van der Waals surface area contributed by atoms with Crippen molar-refractivity contribution in [2.75, 3.05) is 7.05 Å². The van der Waals surface area contributed by atoms with Gasteiger partial charge in [-0.1, -0.05) is 52.0 Å². The average molecular weight is 270 g/mol. The molecule has 0 spiro atoms. The number of benzene rings is 1. The molecule has 0 saturated carbocycles. The maximum absolute atomic E-state index is 4.58. The highest BCUT2D eigenvalue weighted by atomic mass is 14.9. The predicted molar refractivity (Wildman–Crippen MR) is 86.8 cm³/mol. The van der Waals surface area contributed by atoms with Crippen molar-refractivity contribution in [2.24, 2.45) is 11.3 Å². The van der Waals surface area contributed by atoms with Crippen LogP contribution in [0.4, 0.5) is 0 Å². The fourth-order valence-corrected chi connectivity index (χ4v) is 2.52. The lowest BCUT2D eigenvalue weighted by Crippen LogP contribution is -2.25. The van der Waals surface area contributed by atoms with Crippen LogP contribution >= 0.6 is 0 Å². The quantitative estimate of drug-likeness (QED) is 0.880. The Morgan fingerprint density at radius 1 is 1.15 bits per heavy atom. The zero-order valence-corrected chi connectivity index (χ0v) is 13.3. The van der Waals surface area contributed by atoms with E-state index < -0.39 is 0 Å². The number of rotatable bonds is 4. The van der Waals surface area contributed by atoms with Crippen LogP contribution in [-0.4, -0.2) is 12.0 Å². The van der Waals surface area contributed by atoms with Crippen LogP contribution in [0.2, 0.25) is 0 Å². The van der Waals surface area contributed by atoms with Gasteiger partial charge in [0, 0.05) is 17.6 Å². The summed E-state index contributed by atoms with van der Waals surface area (Å²) in [6.07, 6.45) is 3.00. The molecule has 0 saturated heterocycles. The van der Waals surface area contributed by atoms with Gasteiger partial charge >= 0.3 is 0 Å². The number of pyridine rings is 1. The first-order valence-corrected chi connectivity index (χ1v) is 7.44. The SMILES string of the molecule is CNC(CC(C)C(C)(C)C)c1cccc2cccnc12. The molecule has 1 aromatic heterocycles. The van der Waals surface area contributed by atoms with Crippen molar-refractivity contribution < 1.29 is 0 Å². The number of hydrogen-bond donors (Lipinski definition) is 1. The lowest BCUT2D eigenvalue weighted by molar-refractivity contribution is 0.226. The highest BCUT2D eigenvalue weighted by molar-refractivity contribution is 5.81. The van der Waals surface area contributed by atoms with E-state index in [-0.39, 0.29) is 0 Å². The minimum Gasteiger partial charge on any atom is -0.313 e. The Balaban J connectivity index is 2.35. The highest BCUT2D eigenvalue weighted by Gasteiger charge is 2.24. The van der Waals surface area contributed by atoms with Crippen molar-refractivity contribution in [3.8, 4) is 0 Å². The number of hydrogen-bond acceptors (Lipinski definition) is 2. The lowest BCUT2D eigenvalue weighted by Gasteiger charge is -2.31. The van der Waals surface area contributed by atoms with Gasteiger partial charge in [0.05, 0.1) is 5.52 Å². The van der Waals surface area contributed by atoms with Gasteiger partial charge in [-0.05, 0) is 36.4 Å². The Morgan fingerprint density at radius 3 is 2.50 bits per heavy atom. The van der Waals surface area contributed by atoms with E-state index >= 15 is 0 Å². The topological polar surface area (TPSA) is 24.9 Å². The fourth-order valence-electron chi connectivity index (χ4n) is 2.52. The molecule has 2 rings (SSSR count). The molecule has 1 aromatic carbocycles. The van der Waals surface area contributed by atoms with E-state index in [4.69, 9.17) is 0 Å². The van der Waals surface area contributed by atoms with Crippen molar-refractivity contribution in [2.45, 2.75) is 40.2 Å². The van der Waals surface area contributed by atoms with Gasteiger partial charge in [-0.3, -0.25) is 4.98 Å². The van der Waals surface area contributed by atoms with E-state index in [0.717, 1.165) is 11.9 Å². The van der Waals surface area contributed by atoms with Crippen LogP contribution in [0.1, 0.15) is 45.7 Å². The van der Waals surface area contributed by atoms with E-state index in [9.17, 15) is 0 Å². The summed E-state index contributed by atoms with van der Waals surface area (Å²) < 4.78 is 0. The van der Waals surface area contributed by atoms with Crippen molar-refractivity contribution >= 4 is 10.9 Å². The van der Waals surface area contributed by atoms with Crippen LogP contribution in [-0.2, 0) is 0 Å². The van der Waals surface area contributed by atoms with Crippen molar-refractivity contribution in [3.63, 3.8) is 0 Å². The van der Waals surface area contributed by atoms with Crippen LogP contribution in [0.25, 0.3) is 10.9 Å². The first kappa shape index (κ1) is 15.0. The zero-order valence-electron chi connectivity index (χ0n) is 13.3. The second-order valence-corrected chi connectivity index (χ2v) is 6.77. The highest BCUT2D eigenvalue weighted by Crippen LogP contribution is 2.34. The first-order chi connectivity index (χ1) is 9.43. The van der Waals surface area contributed by atoms with Gasteiger partial charge in [-0.15, -0.1) is 0 Å². The van der Waals surface area contributed by atoms with Crippen molar-refractivity contribution in [3.05, 3.63) is 42.1 Å². The summed E-state index contributed by atoms with van der Waals surface area (Å²) in [7, 11) is 2.04. The van der Waals surface area contributed by atoms with Crippen LogP contribution in [0.15, 0.2) is 36.5 Å². The second-order valence-electron chi connectivity index (χ2n) is 6.77. The molecule has 2 nitrogen and oxygen atoms in total. The van der Waals surface area contributed by atoms with Gasteiger partial charge in [-0.2, -0.15) is 0 Å². The summed E-state index contributed by atoms with van der Waals surface area (Å²) in [6.45, 7) is 9.27. The minimum absolute atomic E-state index is 0.327. The summed E-state index contributed by atoms with van der Waals surface area (Å²) in [5.74, 6) is 0.638. The summed E-state index contributed by atoms with van der Waals surface area (Å²) in [4.78, 5) is 4.58. The van der Waals surface area contributed by atoms with E-state index in [2.05, 4.69) is 62.3 Å². The van der Waals surface area contributed by atoms with Gasteiger partial charge < -0.3 is 5.32 Å². The number of nitrogens with zero attached hydrogens (tertiary/aromatic N) is 1. The molecule has 0 aliphatic heterocycles. The largest absolute Gasteiger partial charge is 0.313 e. The molecule has 0 bridgehead atoms. The van der Waals surface area contributed by atoms with Gasteiger partial charge in [0.1, 0.15) is 0 Å². The molecule has 20 heavy (non-hydrogen) atoms. The Morgan fingerprint density at radius 2 is 1.85 bits per heavy atom. The van der Waals surface area contributed by atoms with Crippen molar-refractivity contribution in [1.29, 1.82) is 0 Å². The van der Waals surface area contributed by atoms with E-state index in [0.29, 0.717) is 17.4 Å². The number of fused-ring (bicyclic) bond motifs is 1. The standard InChI is InChI=1S/C18H26N2/c1-13(18(2,3)4)12-16(19-5)15-10-6-8-14-9-7-11-20-17(14)15/h6-11,13,16,19H,12H2,1-5H3. The average Bonchev–Trinajstić information content (AvgIpc) is 2.43. The molecule has 1 N–H and O–H groups in total. The molecule has 2 aromatic rings. The molecule has 2 atom stereocenters. The summed E-state index contributed by atoms with van der Waals surface area (Å²) in [6, 6.07) is 10.9. The first-order valence-electron chi connectivity index (χ1n) is 7.44. The normalized spacial score (nSPS) is 15.2. The molecule has 0 aliphatic carbocycles. The molecular formula is C18H26N2. The minimum atomic E-state index is 0.327. The Bertz CT molecular complexity index is 564. The van der Waals surface area contributed by atoms with Crippen LogP contribution in [0.3, 0.4) is 0 Å². The number of nitrogens with one attached hydrogen (secondary N) is 1. The maximum Gasteiger partial charge on any atom is 0.0749 e. The Hall–Kier alpha value is -1.41. The van der Waals surface area contributed by atoms with Crippen LogP contribution < -0.4 is 5.32 Å². The van der Waals surface area contributed by atoms with Crippen LogP contribution in [0.5, 0.6) is 0 Å². The maximum atomic E-state index is 4.58. The molecular weight excluding hydrogens is 244 g/mol. The third kappa shape index (κ3) is 3.18. The van der Waals surface area contributed by atoms with E-state index in [1.807, 2.05) is 19.3 Å². The van der Waals surface area contributed by atoms with Gasteiger partial charge in [-0.25, -0.2) is 0 Å². The summed E-state index contributed by atoms with van der Waals surface area (Å²) in [5.41, 5.74) is 2.75. The molecule has 0 radical (unpaired) electrons. The number of aromatic nitrogens is 1. The Labute approximate surface area is 122 Å². The van der Waals surface area contributed by atoms with E-state index in [1.54, 1.807) is 0 Å². The number of para-hydroxylation sites is 1. The third-order valence-corrected chi connectivity index (χ3v) is 4.46. The van der Waals surface area contributed by atoms with E-state index in [1.165, 1.54) is 10.9 Å². The van der Waals surface area contributed by atoms with Gasteiger partial charge in [0.15, 0.2) is 0 Å². The molecule has 0 fully saturated rings.